The van der Waals surface area contributed by atoms with Crippen LogP contribution in [0.25, 0.3) is 0 Å². The summed E-state index contributed by atoms with van der Waals surface area (Å²) >= 11 is 6.23. The summed E-state index contributed by atoms with van der Waals surface area (Å²) in [5.74, 6) is -1.32. The number of amides is 2. The molecule has 2 aliphatic rings. The second-order valence-corrected chi connectivity index (χ2v) is 8.22. The second-order valence-electron chi connectivity index (χ2n) is 6.55. The molecule has 2 saturated heterocycles. The van der Waals surface area contributed by atoms with Gasteiger partial charge in [-0.05, 0) is 24.3 Å². The van der Waals surface area contributed by atoms with Crippen LogP contribution in [0.3, 0.4) is 0 Å². The van der Waals surface area contributed by atoms with E-state index in [0.29, 0.717) is 30.8 Å². The Morgan fingerprint density at radius 3 is 2.57 bits per heavy atom. The van der Waals surface area contributed by atoms with Crippen LogP contribution in [0.1, 0.15) is 18.4 Å². The highest BCUT2D eigenvalue weighted by Gasteiger charge is 2.34. The van der Waals surface area contributed by atoms with E-state index in [1.165, 1.54) is 0 Å². The average Bonchev–Trinajstić information content (AvgIpc) is 2.94. The number of ether oxygens (including phenoxy) is 1. The molecule has 0 aromatic heterocycles. The number of carboxylic acids is 1. The van der Waals surface area contributed by atoms with E-state index < -0.39 is 12.5 Å². The zero-order valence-corrected chi connectivity index (χ0v) is 16.7. The minimum absolute atomic E-state index is 0.136. The predicted molar refractivity (Wildman–Crippen MR) is 109 cm³/mol. The molecule has 2 fully saturated rings. The van der Waals surface area contributed by atoms with Crippen molar-refractivity contribution >= 4 is 46.3 Å². The number of piperidine rings is 1. The number of hydrogen-bond donors (Lipinski definition) is 1. The van der Waals surface area contributed by atoms with Crippen LogP contribution in [-0.4, -0.2) is 56.8 Å². The Morgan fingerprint density at radius 1 is 1.25 bits per heavy atom. The molecule has 9 heteroatoms. The Bertz CT molecular complexity index is 804. The molecule has 2 amide bonds. The Hall–Kier alpha value is -2.39. The molecule has 0 saturated carbocycles. The Kier molecular flexibility index (Phi) is 6.69. The lowest BCUT2D eigenvalue weighted by molar-refractivity contribution is -0.140. The first-order valence-corrected chi connectivity index (χ1v) is 10.1. The highest BCUT2D eigenvalue weighted by molar-refractivity contribution is 8.26. The molecule has 1 aromatic rings. The third kappa shape index (κ3) is 5.11. The number of benzene rings is 1. The number of allylic oxidation sites excluding steroid dienone is 1. The Balaban J connectivity index is 1.49. The molecule has 0 bridgehead atoms. The third-order valence-electron chi connectivity index (χ3n) is 4.56. The number of carboxylic acid groups (broad SMARTS) is 1. The first-order chi connectivity index (χ1) is 13.4. The number of aliphatic carboxylic acids is 1. The molecular formula is C19H20N2O5S2. The van der Waals surface area contributed by atoms with E-state index in [1.807, 2.05) is 36.4 Å². The molecule has 1 N–H and O–H groups in total. The number of nitrogens with zero attached hydrogens (tertiary/aromatic N) is 2. The Labute approximate surface area is 172 Å². The fourth-order valence-corrected chi connectivity index (χ4v) is 4.38. The summed E-state index contributed by atoms with van der Waals surface area (Å²) in [6.45, 7) is 0.911. The summed E-state index contributed by atoms with van der Waals surface area (Å²) < 4.78 is 5.62. The number of thioether (sulfide) groups is 1. The van der Waals surface area contributed by atoms with E-state index in [0.717, 1.165) is 22.2 Å². The molecule has 0 aliphatic carbocycles. The smallest absolute Gasteiger partial charge is 0.410 e. The van der Waals surface area contributed by atoms with E-state index in [-0.39, 0.29) is 28.8 Å². The number of thiocarbonyl (C=S) groups is 1. The number of rotatable bonds is 5. The summed E-state index contributed by atoms with van der Waals surface area (Å²) in [6, 6.07) is 9.51. The van der Waals surface area contributed by atoms with Crippen LogP contribution in [0.4, 0.5) is 4.79 Å². The van der Waals surface area contributed by atoms with Crippen molar-refractivity contribution in [1.29, 1.82) is 0 Å². The second kappa shape index (κ2) is 9.20. The number of hydrogen-bond acceptors (Lipinski definition) is 6. The van der Waals surface area contributed by atoms with Gasteiger partial charge in [0.25, 0.3) is 5.91 Å². The lowest BCUT2D eigenvalue weighted by atomic mass is 9.96. The molecule has 0 radical (unpaired) electrons. The first-order valence-electron chi connectivity index (χ1n) is 8.87. The van der Waals surface area contributed by atoms with Crippen molar-refractivity contribution in [1.82, 2.24) is 9.80 Å². The average molecular weight is 421 g/mol. The van der Waals surface area contributed by atoms with Crippen LogP contribution < -0.4 is 0 Å². The molecule has 1 aromatic carbocycles. The Morgan fingerprint density at radius 2 is 1.93 bits per heavy atom. The molecule has 28 heavy (non-hydrogen) atoms. The maximum Gasteiger partial charge on any atom is 0.410 e. The van der Waals surface area contributed by atoms with E-state index in [4.69, 9.17) is 22.1 Å². The quantitative estimate of drug-likeness (QED) is 0.579. The van der Waals surface area contributed by atoms with Crippen molar-refractivity contribution in [2.45, 2.75) is 19.4 Å². The summed E-state index contributed by atoms with van der Waals surface area (Å²) in [5, 5.41) is 8.88. The van der Waals surface area contributed by atoms with Gasteiger partial charge >= 0.3 is 12.1 Å². The van der Waals surface area contributed by atoms with Gasteiger partial charge in [0.1, 0.15) is 17.5 Å². The van der Waals surface area contributed by atoms with Crippen molar-refractivity contribution < 1.29 is 24.2 Å². The normalized spacial score (nSPS) is 19.4. The van der Waals surface area contributed by atoms with Crippen molar-refractivity contribution in [3.63, 3.8) is 0 Å². The minimum Gasteiger partial charge on any atom is -0.480 e. The molecule has 2 heterocycles. The van der Waals surface area contributed by atoms with Crippen LogP contribution >= 0.6 is 24.0 Å². The van der Waals surface area contributed by atoms with Gasteiger partial charge in [0.2, 0.25) is 0 Å². The highest BCUT2D eigenvalue weighted by Crippen LogP contribution is 2.33. The monoisotopic (exact) mass is 420 g/mol. The topological polar surface area (TPSA) is 87.2 Å². The standard InChI is InChI=1S/C19H20N2O5S2/c22-16(23)11-21-17(24)15(28-19(21)27)10-13-6-8-20(9-7-13)18(25)26-12-14-4-2-1-3-5-14/h1-5,10,13H,6-9,11-12H2,(H,22,23). The third-order valence-corrected chi connectivity index (χ3v) is 5.95. The van der Waals surface area contributed by atoms with Crippen LogP contribution in [0.5, 0.6) is 0 Å². The molecule has 0 unspecified atom stereocenters. The van der Waals surface area contributed by atoms with E-state index in [1.54, 1.807) is 4.90 Å². The predicted octanol–water partition coefficient (Wildman–Crippen LogP) is 2.86. The van der Waals surface area contributed by atoms with Crippen molar-refractivity contribution in [3.8, 4) is 0 Å². The van der Waals surface area contributed by atoms with Gasteiger partial charge in [-0.2, -0.15) is 0 Å². The summed E-state index contributed by atoms with van der Waals surface area (Å²) in [7, 11) is 0. The summed E-state index contributed by atoms with van der Waals surface area (Å²) in [5.41, 5.74) is 0.939. The van der Waals surface area contributed by atoms with Gasteiger partial charge in [0, 0.05) is 13.1 Å². The molecule has 3 rings (SSSR count). The summed E-state index contributed by atoms with van der Waals surface area (Å²) in [4.78, 5) is 38.6. The molecule has 148 valence electrons. The van der Waals surface area contributed by atoms with Crippen LogP contribution in [0.2, 0.25) is 0 Å². The van der Waals surface area contributed by atoms with Crippen molar-refractivity contribution in [2.75, 3.05) is 19.6 Å². The van der Waals surface area contributed by atoms with Gasteiger partial charge in [-0.25, -0.2) is 4.79 Å². The van der Waals surface area contributed by atoms with Crippen LogP contribution in [0.15, 0.2) is 41.3 Å². The van der Waals surface area contributed by atoms with E-state index in [2.05, 4.69) is 0 Å². The molecule has 2 aliphatic heterocycles. The van der Waals surface area contributed by atoms with Gasteiger partial charge < -0.3 is 14.7 Å². The number of carbonyl (C=O) groups excluding carboxylic acids is 2. The minimum atomic E-state index is -1.10. The maximum atomic E-state index is 12.3. The van der Waals surface area contributed by atoms with Crippen molar-refractivity contribution in [2.24, 2.45) is 5.92 Å². The maximum absolute atomic E-state index is 12.3. The fraction of sp³-hybridized carbons (Fsp3) is 0.368. The SMILES string of the molecule is O=C(O)CN1C(=O)C(=CC2CCN(C(=O)OCc3ccccc3)CC2)SC1=S. The first kappa shape index (κ1) is 20.3. The summed E-state index contributed by atoms with van der Waals surface area (Å²) in [6.07, 6.45) is 2.94. The highest BCUT2D eigenvalue weighted by atomic mass is 32.2. The molecular weight excluding hydrogens is 400 g/mol. The zero-order chi connectivity index (χ0) is 20.1. The van der Waals surface area contributed by atoms with Crippen LogP contribution in [-0.2, 0) is 20.9 Å². The van der Waals surface area contributed by atoms with Gasteiger partial charge in [0.15, 0.2) is 0 Å². The van der Waals surface area contributed by atoms with E-state index >= 15 is 0 Å². The van der Waals surface area contributed by atoms with Gasteiger partial charge in [-0.3, -0.25) is 14.5 Å². The lowest BCUT2D eigenvalue weighted by Gasteiger charge is -2.30. The molecule has 0 spiro atoms. The van der Waals surface area contributed by atoms with Gasteiger partial charge in [0.05, 0.1) is 4.91 Å². The number of carbonyl (C=O) groups is 3. The zero-order valence-electron chi connectivity index (χ0n) is 15.1. The van der Waals surface area contributed by atoms with Crippen LogP contribution in [0, 0.1) is 5.92 Å². The largest absolute Gasteiger partial charge is 0.480 e. The fourth-order valence-electron chi connectivity index (χ4n) is 3.06. The number of likely N-dealkylation sites (tertiary alicyclic amines) is 1. The van der Waals surface area contributed by atoms with Gasteiger partial charge in [-0.1, -0.05) is 60.4 Å². The van der Waals surface area contributed by atoms with Crippen molar-refractivity contribution in [3.05, 3.63) is 46.9 Å². The lowest BCUT2D eigenvalue weighted by Crippen LogP contribution is -2.38. The molecule has 0 atom stereocenters. The van der Waals surface area contributed by atoms with Gasteiger partial charge in [-0.15, -0.1) is 0 Å². The van der Waals surface area contributed by atoms with E-state index in [9.17, 15) is 14.4 Å². The molecule has 7 nitrogen and oxygen atoms in total.